The topological polar surface area (TPSA) is 59.6 Å². The van der Waals surface area contributed by atoms with Crippen LogP contribution in [0.1, 0.15) is 30.5 Å². The van der Waals surface area contributed by atoms with Crippen LogP contribution in [0.5, 0.6) is 0 Å². The number of nitrogens with two attached hydrogens (primary N) is 1. The molecule has 3 aromatic carbocycles. The summed E-state index contributed by atoms with van der Waals surface area (Å²) in [4.78, 5) is 0. The molecule has 0 atom stereocenters. The molecule has 1 heterocycles. The van der Waals surface area contributed by atoms with Gasteiger partial charge in [-0.25, -0.2) is 0 Å². The first-order chi connectivity index (χ1) is 13.5. The Labute approximate surface area is 170 Å². The molecule has 0 unspecified atom stereocenters. The zero-order chi connectivity index (χ0) is 19.8. The Hall–Kier alpha value is -2.92. The molecule has 0 aliphatic heterocycles. The lowest BCUT2D eigenvalue weighted by molar-refractivity contribution is 1.04. The maximum absolute atomic E-state index is 6.18. The van der Waals surface area contributed by atoms with E-state index in [-0.39, 0.29) is 0 Å². The van der Waals surface area contributed by atoms with Crippen molar-refractivity contribution < 1.29 is 0 Å². The van der Waals surface area contributed by atoms with Gasteiger partial charge in [0.25, 0.3) is 0 Å². The number of hydrogen-bond donors (Lipinski definition) is 2. The SMILES string of the molecule is CCc1cc(-c2n[nH]c(=S)n2-c2cccc3c(CC)cccc23)c(C)cc1N. The first-order valence-corrected chi connectivity index (χ1v) is 10.0. The molecular weight excluding hydrogens is 364 g/mol. The molecule has 4 rings (SSSR count). The van der Waals surface area contributed by atoms with E-state index in [2.05, 4.69) is 73.4 Å². The van der Waals surface area contributed by atoms with Gasteiger partial charge in [-0.15, -0.1) is 0 Å². The summed E-state index contributed by atoms with van der Waals surface area (Å²) >= 11 is 5.63. The van der Waals surface area contributed by atoms with E-state index in [0.717, 1.165) is 46.7 Å². The number of anilines is 1. The van der Waals surface area contributed by atoms with Crippen molar-refractivity contribution in [2.75, 3.05) is 5.73 Å². The Morgan fingerprint density at radius 2 is 1.71 bits per heavy atom. The van der Waals surface area contributed by atoms with E-state index in [0.29, 0.717) is 4.77 Å². The first kappa shape index (κ1) is 18.4. The molecule has 5 heteroatoms. The zero-order valence-corrected chi connectivity index (χ0v) is 17.2. The van der Waals surface area contributed by atoms with Crippen LogP contribution in [-0.4, -0.2) is 14.8 Å². The Balaban J connectivity index is 2.02. The number of nitrogens with one attached hydrogen (secondary N) is 1. The van der Waals surface area contributed by atoms with Gasteiger partial charge in [0.15, 0.2) is 10.6 Å². The Morgan fingerprint density at radius 1 is 1.00 bits per heavy atom. The molecule has 0 aliphatic carbocycles. The lowest BCUT2D eigenvalue weighted by Crippen LogP contribution is -2.02. The van der Waals surface area contributed by atoms with Crippen molar-refractivity contribution in [2.24, 2.45) is 0 Å². The van der Waals surface area contributed by atoms with Crippen LogP contribution in [0.2, 0.25) is 0 Å². The molecule has 0 radical (unpaired) electrons. The van der Waals surface area contributed by atoms with Gasteiger partial charge in [0.2, 0.25) is 0 Å². The molecule has 142 valence electrons. The van der Waals surface area contributed by atoms with Crippen molar-refractivity contribution in [3.8, 4) is 17.1 Å². The Bertz CT molecular complexity index is 1230. The summed E-state index contributed by atoms with van der Waals surface area (Å²) in [5, 5.41) is 9.99. The second-order valence-corrected chi connectivity index (χ2v) is 7.44. The molecule has 4 aromatic rings. The van der Waals surface area contributed by atoms with Crippen LogP contribution in [0.3, 0.4) is 0 Å². The highest BCUT2D eigenvalue weighted by atomic mass is 32.1. The minimum Gasteiger partial charge on any atom is -0.398 e. The normalized spacial score (nSPS) is 11.2. The summed E-state index contributed by atoms with van der Waals surface area (Å²) in [5.74, 6) is 0.812. The number of aromatic amines is 1. The Kier molecular flexibility index (Phi) is 4.77. The van der Waals surface area contributed by atoms with Gasteiger partial charge < -0.3 is 5.73 Å². The van der Waals surface area contributed by atoms with Crippen molar-refractivity contribution >= 4 is 28.7 Å². The number of H-pyrrole nitrogens is 1. The number of benzene rings is 3. The number of aromatic nitrogens is 3. The molecular formula is C23H24N4S. The van der Waals surface area contributed by atoms with Crippen LogP contribution in [0.15, 0.2) is 48.5 Å². The fourth-order valence-electron chi connectivity index (χ4n) is 3.89. The molecule has 3 N–H and O–H groups in total. The van der Waals surface area contributed by atoms with Crippen LogP contribution in [0, 0.1) is 11.7 Å². The third kappa shape index (κ3) is 2.92. The molecule has 0 spiro atoms. The third-order valence-corrected chi connectivity index (χ3v) is 5.67. The predicted octanol–water partition coefficient (Wildman–Crippen LogP) is 5.77. The van der Waals surface area contributed by atoms with Crippen molar-refractivity contribution in [3.63, 3.8) is 0 Å². The fraction of sp³-hybridized carbons (Fsp3) is 0.217. The summed E-state index contributed by atoms with van der Waals surface area (Å²) in [6.45, 7) is 6.35. The second kappa shape index (κ2) is 7.24. The van der Waals surface area contributed by atoms with E-state index in [1.54, 1.807) is 0 Å². The number of hydrogen-bond acceptors (Lipinski definition) is 3. The Morgan fingerprint density at radius 3 is 2.46 bits per heavy atom. The molecule has 0 fully saturated rings. The molecule has 0 amide bonds. The van der Waals surface area contributed by atoms with Crippen LogP contribution >= 0.6 is 12.2 Å². The van der Waals surface area contributed by atoms with Crippen molar-refractivity contribution in [2.45, 2.75) is 33.6 Å². The number of nitrogen functional groups attached to an aromatic ring is 1. The molecule has 0 saturated heterocycles. The largest absolute Gasteiger partial charge is 0.398 e. The van der Waals surface area contributed by atoms with Gasteiger partial charge in [0, 0.05) is 16.6 Å². The van der Waals surface area contributed by atoms with Gasteiger partial charge in [-0.3, -0.25) is 9.67 Å². The molecule has 0 bridgehead atoms. The van der Waals surface area contributed by atoms with Gasteiger partial charge >= 0.3 is 0 Å². The van der Waals surface area contributed by atoms with Crippen molar-refractivity contribution in [1.82, 2.24) is 14.8 Å². The van der Waals surface area contributed by atoms with Gasteiger partial charge in [-0.05, 0) is 72.3 Å². The van der Waals surface area contributed by atoms with Gasteiger partial charge in [0.1, 0.15) is 0 Å². The molecule has 0 aliphatic rings. The van der Waals surface area contributed by atoms with E-state index >= 15 is 0 Å². The number of rotatable bonds is 4. The van der Waals surface area contributed by atoms with E-state index < -0.39 is 0 Å². The summed E-state index contributed by atoms with van der Waals surface area (Å²) in [6, 6.07) is 17.0. The van der Waals surface area contributed by atoms with E-state index in [4.69, 9.17) is 18.0 Å². The van der Waals surface area contributed by atoms with Crippen LogP contribution in [0.4, 0.5) is 5.69 Å². The van der Waals surface area contributed by atoms with Crippen LogP contribution in [-0.2, 0) is 12.8 Å². The predicted molar refractivity (Wildman–Crippen MR) is 120 cm³/mol. The molecule has 4 nitrogen and oxygen atoms in total. The van der Waals surface area contributed by atoms with Crippen molar-refractivity contribution in [1.29, 1.82) is 0 Å². The summed E-state index contributed by atoms with van der Waals surface area (Å²) in [5.41, 5.74) is 12.6. The van der Waals surface area contributed by atoms with Crippen LogP contribution < -0.4 is 5.73 Å². The highest BCUT2D eigenvalue weighted by Crippen LogP contribution is 2.32. The van der Waals surface area contributed by atoms with Crippen LogP contribution in [0.25, 0.3) is 27.8 Å². The fourth-order valence-corrected chi connectivity index (χ4v) is 4.12. The quantitative estimate of drug-likeness (QED) is 0.345. The number of nitrogens with zero attached hydrogens (tertiary/aromatic N) is 2. The molecule has 28 heavy (non-hydrogen) atoms. The maximum Gasteiger partial charge on any atom is 0.200 e. The summed E-state index contributed by atoms with van der Waals surface area (Å²) in [7, 11) is 0. The lowest BCUT2D eigenvalue weighted by atomic mass is 9.99. The highest BCUT2D eigenvalue weighted by Gasteiger charge is 2.16. The standard InChI is InChI=1S/C23H24N4S/c1-4-15-8-6-10-18-17(15)9-7-11-21(18)27-22(25-26-23(27)28)19-13-16(5-2)20(24)12-14(19)3/h6-13H,4-5,24H2,1-3H3,(H,26,28). The third-order valence-electron chi connectivity index (χ3n) is 5.39. The maximum atomic E-state index is 6.18. The zero-order valence-electron chi connectivity index (χ0n) is 16.4. The monoisotopic (exact) mass is 388 g/mol. The number of fused-ring (bicyclic) bond motifs is 1. The second-order valence-electron chi connectivity index (χ2n) is 7.05. The molecule has 0 saturated carbocycles. The van der Waals surface area contributed by atoms with E-state index in [1.807, 2.05) is 10.6 Å². The van der Waals surface area contributed by atoms with Crippen molar-refractivity contribution in [3.05, 3.63) is 70.0 Å². The number of aryl methyl sites for hydroxylation is 3. The van der Waals surface area contributed by atoms with Gasteiger partial charge in [-0.1, -0.05) is 44.2 Å². The van der Waals surface area contributed by atoms with E-state index in [9.17, 15) is 0 Å². The minimum absolute atomic E-state index is 0.582. The molecule has 1 aromatic heterocycles. The lowest BCUT2D eigenvalue weighted by Gasteiger charge is -2.15. The van der Waals surface area contributed by atoms with E-state index in [1.165, 1.54) is 16.3 Å². The average Bonchev–Trinajstić information content (AvgIpc) is 3.08. The smallest absolute Gasteiger partial charge is 0.200 e. The minimum atomic E-state index is 0.582. The summed E-state index contributed by atoms with van der Waals surface area (Å²) in [6.07, 6.45) is 1.86. The summed E-state index contributed by atoms with van der Waals surface area (Å²) < 4.78 is 2.62. The average molecular weight is 389 g/mol. The highest BCUT2D eigenvalue weighted by molar-refractivity contribution is 7.71. The van der Waals surface area contributed by atoms with Gasteiger partial charge in [-0.2, -0.15) is 5.10 Å². The van der Waals surface area contributed by atoms with Gasteiger partial charge in [0.05, 0.1) is 5.69 Å². The first-order valence-electron chi connectivity index (χ1n) is 9.62.